The van der Waals surface area contributed by atoms with Gasteiger partial charge in [0.2, 0.25) is 0 Å². The van der Waals surface area contributed by atoms with E-state index in [0.717, 1.165) is 0 Å². The number of esters is 1. The molecule has 1 unspecified atom stereocenters. The number of carbonyl (C=O) groups is 2. The quantitative estimate of drug-likeness (QED) is 0.452. The SMILES string of the molecule is COC(=O)C1=C(C)N(C)C(C)=C(C(C)=O)C1c1ccc(Cl)c([N+](=O)[O-])c1. The van der Waals surface area contributed by atoms with E-state index >= 15 is 0 Å². The van der Waals surface area contributed by atoms with Crippen LogP contribution in [-0.4, -0.2) is 35.7 Å². The fraction of sp³-hybridized carbons (Fsp3) is 0.333. The van der Waals surface area contributed by atoms with Crippen molar-refractivity contribution in [2.45, 2.75) is 26.7 Å². The molecule has 0 saturated heterocycles. The first-order chi connectivity index (χ1) is 12.1. The summed E-state index contributed by atoms with van der Waals surface area (Å²) in [5.41, 5.74) is 2.08. The van der Waals surface area contributed by atoms with Crippen molar-refractivity contribution in [1.82, 2.24) is 4.90 Å². The lowest BCUT2D eigenvalue weighted by molar-refractivity contribution is -0.384. The topological polar surface area (TPSA) is 89.8 Å². The zero-order valence-electron chi connectivity index (χ0n) is 15.1. The van der Waals surface area contributed by atoms with Gasteiger partial charge in [-0.2, -0.15) is 0 Å². The smallest absolute Gasteiger partial charge is 0.336 e. The summed E-state index contributed by atoms with van der Waals surface area (Å²) < 4.78 is 4.91. The molecule has 0 radical (unpaired) electrons. The normalized spacial score (nSPS) is 17.5. The first-order valence-corrected chi connectivity index (χ1v) is 8.17. The number of methoxy groups -OCH3 is 1. The Morgan fingerprint density at radius 2 is 1.81 bits per heavy atom. The highest BCUT2D eigenvalue weighted by atomic mass is 35.5. The third kappa shape index (κ3) is 3.22. The molecular formula is C18H19ClN2O5. The Bertz CT molecular complexity index is 872. The summed E-state index contributed by atoms with van der Waals surface area (Å²) in [5, 5.41) is 11.2. The van der Waals surface area contributed by atoms with E-state index in [2.05, 4.69) is 0 Å². The lowest BCUT2D eigenvalue weighted by atomic mass is 9.78. The maximum absolute atomic E-state index is 12.5. The van der Waals surface area contributed by atoms with E-state index in [1.807, 2.05) is 0 Å². The predicted molar refractivity (Wildman–Crippen MR) is 96.7 cm³/mol. The van der Waals surface area contributed by atoms with Gasteiger partial charge in [-0.1, -0.05) is 17.7 Å². The number of ether oxygens (including phenoxy) is 1. The molecule has 2 rings (SSSR count). The van der Waals surface area contributed by atoms with Crippen molar-refractivity contribution in [3.05, 3.63) is 61.4 Å². The number of hydrogen-bond acceptors (Lipinski definition) is 6. The van der Waals surface area contributed by atoms with Crippen LogP contribution in [-0.2, 0) is 14.3 Å². The van der Waals surface area contributed by atoms with E-state index in [4.69, 9.17) is 16.3 Å². The molecule has 0 aromatic heterocycles. The summed E-state index contributed by atoms with van der Waals surface area (Å²) >= 11 is 5.90. The largest absolute Gasteiger partial charge is 0.466 e. The minimum absolute atomic E-state index is 0.0166. The third-order valence-corrected chi connectivity index (χ3v) is 4.97. The third-order valence-electron chi connectivity index (χ3n) is 4.65. The molecular weight excluding hydrogens is 360 g/mol. The zero-order chi connectivity index (χ0) is 19.8. The number of benzene rings is 1. The maximum atomic E-state index is 12.5. The van der Waals surface area contributed by atoms with Crippen molar-refractivity contribution in [2.24, 2.45) is 0 Å². The molecule has 0 N–H and O–H groups in total. The predicted octanol–water partition coefficient (Wildman–Crippen LogP) is 3.59. The van der Waals surface area contributed by atoms with Gasteiger partial charge >= 0.3 is 5.97 Å². The average Bonchev–Trinajstić information content (AvgIpc) is 2.58. The van der Waals surface area contributed by atoms with Gasteiger partial charge in [0.1, 0.15) is 5.02 Å². The molecule has 1 heterocycles. The molecule has 0 amide bonds. The first-order valence-electron chi connectivity index (χ1n) is 7.80. The Morgan fingerprint density at radius 3 is 2.31 bits per heavy atom. The van der Waals surface area contributed by atoms with Crippen LogP contribution < -0.4 is 0 Å². The lowest BCUT2D eigenvalue weighted by Crippen LogP contribution is -2.32. The summed E-state index contributed by atoms with van der Waals surface area (Å²) in [7, 11) is 3.00. The van der Waals surface area contributed by atoms with Crippen LogP contribution in [0.4, 0.5) is 5.69 Å². The summed E-state index contributed by atoms with van der Waals surface area (Å²) in [6, 6.07) is 4.27. The molecule has 138 valence electrons. The van der Waals surface area contributed by atoms with Crippen molar-refractivity contribution in [1.29, 1.82) is 0 Å². The van der Waals surface area contributed by atoms with E-state index in [1.165, 1.54) is 26.2 Å². The molecule has 0 fully saturated rings. The molecule has 8 heteroatoms. The Kier molecular flexibility index (Phi) is 5.51. The number of nitro groups is 1. The Morgan fingerprint density at radius 1 is 1.23 bits per heavy atom. The monoisotopic (exact) mass is 378 g/mol. The molecule has 1 aromatic rings. The highest BCUT2D eigenvalue weighted by Crippen LogP contribution is 2.43. The summed E-state index contributed by atoms with van der Waals surface area (Å²) in [4.78, 5) is 37.2. The number of Topliss-reactive ketones (excluding diaryl/α,β-unsaturated/α-hetero) is 1. The molecule has 0 bridgehead atoms. The Labute approximate surface area is 156 Å². The van der Waals surface area contributed by atoms with E-state index in [1.54, 1.807) is 31.9 Å². The highest BCUT2D eigenvalue weighted by Gasteiger charge is 2.38. The van der Waals surface area contributed by atoms with Crippen LogP contribution in [0.2, 0.25) is 5.02 Å². The lowest BCUT2D eigenvalue weighted by Gasteiger charge is -2.35. The van der Waals surface area contributed by atoms with E-state index < -0.39 is 16.8 Å². The van der Waals surface area contributed by atoms with Gasteiger partial charge in [0, 0.05) is 36.0 Å². The van der Waals surface area contributed by atoms with Crippen LogP contribution in [0.3, 0.4) is 0 Å². The van der Waals surface area contributed by atoms with E-state index in [-0.39, 0.29) is 22.1 Å². The molecule has 1 aliphatic heterocycles. The molecule has 1 aromatic carbocycles. The fourth-order valence-electron chi connectivity index (χ4n) is 3.19. The number of carbonyl (C=O) groups excluding carboxylic acids is 2. The molecule has 1 aliphatic rings. The van der Waals surface area contributed by atoms with Gasteiger partial charge < -0.3 is 9.64 Å². The highest BCUT2D eigenvalue weighted by molar-refractivity contribution is 6.32. The molecule has 0 aliphatic carbocycles. The molecule has 1 atom stereocenters. The van der Waals surface area contributed by atoms with Crippen molar-refractivity contribution >= 4 is 29.0 Å². The number of nitrogens with zero attached hydrogens (tertiary/aromatic N) is 2. The Hall–Kier alpha value is -2.67. The molecule has 26 heavy (non-hydrogen) atoms. The van der Waals surface area contributed by atoms with Gasteiger partial charge in [0.25, 0.3) is 5.69 Å². The standard InChI is InChI=1S/C18H19ClN2O5/c1-9-15(11(3)22)17(16(18(23)26-5)10(2)20(9)4)12-6-7-13(19)14(8-12)21(24)25/h6-8,17H,1-5H3. The van der Waals surface area contributed by atoms with Crippen LogP contribution >= 0.6 is 11.6 Å². The van der Waals surface area contributed by atoms with Gasteiger partial charge in [-0.15, -0.1) is 0 Å². The Balaban J connectivity index is 2.82. The molecule has 0 spiro atoms. The van der Waals surface area contributed by atoms with Crippen LogP contribution in [0.5, 0.6) is 0 Å². The summed E-state index contributed by atoms with van der Waals surface area (Å²) in [5.74, 6) is -1.60. The first kappa shape index (κ1) is 19.7. The van der Waals surface area contributed by atoms with Gasteiger partial charge in [0.05, 0.1) is 17.6 Å². The van der Waals surface area contributed by atoms with Crippen molar-refractivity contribution in [2.75, 3.05) is 14.2 Å². The number of rotatable bonds is 4. The van der Waals surface area contributed by atoms with Gasteiger partial charge in [-0.05, 0) is 32.4 Å². The maximum Gasteiger partial charge on any atom is 0.336 e. The average molecular weight is 379 g/mol. The minimum Gasteiger partial charge on any atom is -0.466 e. The van der Waals surface area contributed by atoms with Crippen LogP contribution in [0.1, 0.15) is 32.3 Å². The second kappa shape index (κ2) is 7.29. The number of allylic oxidation sites excluding steroid dienone is 3. The van der Waals surface area contributed by atoms with Crippen molar-refractivity contribution in [3.63, 3.8) is 0 Å². The number of hydrogen-bond donors (Lipinski definition) is 0. The summed E-state index contributed by atoms with van der Waals surface area (Å²) in [6.45, 7) is 4.91. The number of halogens is 1. The summed E-state index contributed by atoms with van der Waals surface area (Å²) in [6.07, 6.45) is 0. The van der Waals surface area contributed by atoms with Crippen molar-refractivity contribution in [3.8, 4) is 0 Å². The molecule has 0 saturated carbocycles. The van der Waals surface area contributed by atoms with Crippen LogP contribution in [0.15, 0.2) is 40.7 Å². The molecule has 7 nitrogen and oxygen atoms in total. The second-order valence-corrected chi connectivity index (χ2v) is 6.41. The van der Waals surface area contributed by atoms with Gasteiger partial charge in [-0.25, -0.2) is 4.79 Å². The fourth-order valence-corrected chi connectivity index (χ4v) is 3.38. The number of ketones is 1. The van der Waals surface area contributed by atoms with Gasteiger partial charge in [-0.3, -0.25) is 14.9 Å². The van der Waals surface area contributed by atoms with Crippen LogP contribution in [0.25, 0.3) is 0 Å². The van der Waals surface area contributed by atoms with Gasteiger partial charge in [0.15, 0.2) is 5.78 Å². The number of nitro benzene ring substituents is 1. The minimum atomic E-state index is -0.771. The van der Waals surface area contributed by atoms with Crippen LogP contribution in [0, 0.1) is 10.1 Å². The zero-order valence-corrected chi connectivity index (χ0v) is 15.9. The van der Waals surface area contributed by atoms with Crippen molar-refractivity contribution < 1.29 is 19.2 Å². The second-order valence-electron chi connectivity index (χ2n) is 6.01. The van der Waals surface area contributed by atoms with E-state index in [9.17, 15) is 19.7 Å². The van der Waals surface area contributed by atoms with E-state index in [0.29, 0.717) is 22.5 Å².